The first-order chi connectivity index (χ1) is 11.4. The highest BCUT2D eigenvalue weighted by Crippen LogP contribution is 2.29. The van der Waals surface area contributed by atoms with Crippen LogP contribution in [0, 0.1) is 0 Å². The fraction of sp³-hybridized carbons (Fsp3) is 0.400. The van der Waals surface area contributed by atoms with Crippen LogP contribution in [0.15, 0.2) is 18.2 Å². The minimum Gasteiger partial charge on any atom is -0.480 e. The zero-order chi connectivity index (χ0) is 18.1. The smallest absolute Gasteiger partial charge is 0.480 e. The van der Waals surface area contributed by atoms with E-state index in [1.807, 2.05) is 0 Å². The van der Waals surface area contributed by atoms with Gasteiger partial charge in [-0.1, -0.05) is 6.07 Å². The largest absolute Gasteiger partial charge is 0.513 e. The third-order valence-corrected chi connectivity index (χ3v) is 2.69. The summed E-state index contributed by atoms with van der Waals surface area (Å²) in [5, 5.41) is 8.84. The second-order valence-electron chi connectivity index (χ2n) is 4.50. The monoisotopic (exact) mass is 341 g/mol. The van der Waals surface area contributed by atoms with E-state index in [0.29, 0.717) is 5.56 Å². The number of carboxylic acids is 1. The maximum Gasteiger partial charge on any atom is 0.513 e. The van der Waals surface area contributed by atoms with Crippen LogP contribution in [0.5, 0.6) is 11.5 Å². The molecule has 1 rings (SSSR count). The fourth-order valence-electron chi connectivity index (χ4n) is 1.66. The number of rotatable bonds is 7. The van der Waals surface area contributed by atoms with E-state index in [1.165, 1.54) is 18.2 Å². The Kier molecular flexibility index (Phi) is 7.50. The molecule has 0 aliphatic rings. The topological polar surface area (TPSA) is 134 Å². The molecule has 0 heterocycles. The first-order valence-corrected chi connectivity index (χ1v) is 7.17. The summed E-state index contributed by atoms with van der Waals surface area (Å²) in [6, 6.07) is 3.05. The number of nitrogens with two attached hydrogens (primary N) is 1. The zero-order valence-electron chi connectivity index (χ0n) is 13.3. The lowest BCUT2D eigenvalue weighted by Gasteiger charge is -2.13. The summed E-state index contributed by atoms with van der Waals surface area (Å²) in [6.45, 7) is 3.40. The molecule has 24 heavy (non-hydrogen) atoms. The van der Waals surface area contributed by atoms with Crippen LogP contribution in [0.3, 0.4) is 0 Å². The van der Waals surface area contributed by atoms with Gasteiger partial charge >= 0.3 is 18.3 Å². The SMILES string of the molecule is CCOC(=O)Oc1ccc(C[C@H](N)C(=O)O)cc1OC(=O)OCC. The summed E-state index contributed by atoms with van der Waals surface area (Å²) in [5.41, 5.74) is 5.94. The van der Waals surface area contributed by atoms with Gasteiger partial charge in [0.1, 0.15) is 6.04 Å². The van der Waals surface area contributed by atoms with E-state index in [-0.39, 0.29) is 31.1 Å². The standard InChI is InChI=1S/C15H19NO8/c1-3-21-14(19)23-11-6-5-9(7-10(16)13(17)18)8-12(11)24-15(20)22-4-2/h5-6,8,10H,3-4,7,16H2,1-2H3,(H,17,18)/t10-/m0/s1. The third-order valence-electron chi connectivity index (χ3n) is 2.69. The van der Waals surface area contributed by atoms with Gasteiger partial charge in [0, 0.05) is 0 Å². The average molecular weight is 341 g/mol. The minimum atomic E-state index is -1.17. The van der Waals surface area contributed by atoms with Gasteiger partial charge in [-0.05, 0) is 38.0 Å². The van der Waals surface area contributed by atoms with Gasteiger partial charge in [-0.3, -0.25) is 4.79 Å². The van der Waals surface area contributed by atoms with Crippen molar-refractivity contribution in [1.82, 2.24) is 0 Å². The first kappa shape index (κ1) is 19.2. The highest BCUT2D eigenvalue weighted by molar-refractivity contribution is 5.74. The van der Waals surface area contributed by atoms with E-state index in [1.54, 1.807) is 13.8 Å². The quantitative estimate of drug-likeness (QED) is 0.561. The Labute approximate surface area is 138 Å². The molecule has 0 saturated carbocycles. The number of hydrogen-bond acceptors (Lipinski definition) is 8. The summed E-state index contributed by atoms with van der Waals surface area (Å²) in [6.07, 6.45) is -1.97. The van der Waals surface area contributed by atoms with Crippen LogP contribution in [-0.4, -0.2) is 42.6 Å². The van der Waals surface area contributed by atoms with Crippen molar-refractivity contribution in [1.29, 1.82) is 0 Å². The Hall–Kier alpha value is -2.81. The van der Waals surface area contributed by atoms with Gasteiger partial charge in [-0.15, -0.1) is 0 Å². The number of aliphatic carboxylic acids is 1. The van der Waals surface area contributed by atoms with Crippen LogP contribution in [-0.2, 0) is 20.7 Å². The van der Waals surface area contributed by atoms with Crippen molar-refractivity contribution in [3.05, 3.63) is 23.8 Å². The zero-order valence-corrected chi connectivity index (χ0v) is 13.3. The Morgan fingerprint density at radius 3 is 2.08 bits per heavy atom. The molecular formula is C15H19NO8. The molecule has 9 heteroatoms. The Morgan fingerprint density at radius 1 is 1.04 bits per heavy atom. The highest BCUT2D eigenvalue weighted by atomic mass is 16.7. The molecule has 1 aromatic rings. The summed E-state index contributed by atoms with van der Waals surface area (Å²) in [5.74, 6) is -1.36. The molecule has 0 unspecified atom stereocenters. The van der Waals surface area contributed by atoms with Crippen molar-refractivity contribution >= 4 is 18.3 Å². The van der Waals surface area contributed by atoms with Crippen molar-refractivity contribution < 1.29 is 38.4 Å². The maximum absolute atomic E-state index is 11.5. The molecule has 1 aromatic carbocycles. The van der Waals surface area contributed by atoms with E-state index in [4.69, 9.17) is 20.3 Å². The normalized spacial score (nSPS) is 11.3. The Bertz CT molecular complexity index is 601. The van der Waals surface area contributed by atoms with Gasteiger partial charge < -0.3 is 29.8 Å². The molecule has 0 spiro atoms. The summed E-state index contributed by atoms with van der Waals surface area (Å²) >= 11 is 0. The average Bonchev–Trinajstić information content (AvgIpc) is 2.50. The fourth-order valence-corrected chi connectivity index (χ4v) is 1.66. The van der Waals surface area contributed by atoms with Crippen molar-refractivity contribution in [2.75, 3.05) is 13.2 Å². The minimum absolute atomic E-state index is 0.00575. The van der Waals surface area contributed by atoms with Crippen LogP contribution in [0.25, 0.3) is 0 Å². The second-order valence-corrected chi connectivity index (χ2v) is 4.50. The van der Waals surface area contributed by atoms with E-state index >= 15 is 0 Å². The third kappa shape index (κ3) is 6.13. The molecule has 1 atom stereocenters. The lowest BCUT2D eigenvalue weighted by molar-refractivity contribution is -0.138. The number of carbonyl (C=O) groups is 3. The van der Waals surface area contributed by atoms with Crippen LogP contribution in [0.1, 0.15) is 19.4 Å². The van der Waals surface area contributed by atoms with Crippen molar-refractivity contribution in [3.63, 3.8) is 0 Å². The predicted octanol–water partition coefficient (Wildman–Crippen LogP) is 1.71. The lowest BCUT2D eigenvalue weighted by atomic mass is 10.1. The molecule has 0 saturated heterocycles. The molecule has 0 fully saturated rings. The predicted molar refractivity (Wildman–Crippen MR) is 81.1 cm³/mol. The molecule has 0 bridgehead atoms. The highest BCUT2D eigenvalue weighted by Gasteiger charge is 2.18. The molecule has 0 radical (unpaired) electrons. The molecule has 0 aliphatic heterocycles. The lowest BCUT2D eigenvalue weighted by Crippen LogP contribution is -2.32. The van der Waals surface area contributed by atoms with Crippen molar-refractivity contribution in [2.24, 2.45) is 5.73 Å². The van der Waals surface area contributed by atoms with E-state index in [9.17, 15) is 14.4 Å². The summed E-state index contributed by atoms with van der Waals surface area (Å²) in [7, 11) is 0. The number of benzene rings is 1. The van der Waals surface area contributed by atoms with Gasteiger partial charge in [-0.2, -0.15) is 0 Å². The maximum atomic E-state index is 11.5. The molecule has 0 amide bonds. The Morgan fingerprint density at radius 2 is 1.58 bits per heavy atom. The number of hydrogen-bond donors (Lipinski definition) is 2. The van der Waals surface area contributed by atoms with Gasteiger partial charge in [0.25, 0.3) is 0 Å². The van der Waals surface area contributed by atoms with Crippen LogP contribution >= 0.6 is 0 Å². The van der Waals surface area contributed by atoms with Gasteiger partial charge in [0.05, 0.1) is 13.2 Å². The molecule has 9 nitrogen and oxygen atoms in total. The molecule has 3 N–H and O–H groups in total. The number of ether oxygens (including phenoxy) is 4. The van der Waals surface area contributed by atoms with Crippen molar-refractivity contribution in [3.8, 4) is 11.5 Å². The van der Waals surface area contributed by atoms with E-state index in [0.717, 1.165) is 0 Å². The van der Waals surface area contributed by atoms with Gasteiger partial charge in [0.15, 0.2) is 11.5 Å². The molecule has 0 aliphatic carbocycles. The Balaban J connectivity index is 3.02. The van der Waals surface area contributed by atoms with Crippen LogP contribution < -0.4 is 15.2 Å². The second kappa shape index (κ2) is 9.36. The van der Waals surface area contributed by atoms with Crippen molar-refractivity contribution in [2.45, 2.75) is 26.3 Å². The van der Waals surface area contributed by atoms with Gasteiger partial charge in [-0.25, -0.2) is 9.59 Å². The van der Waals surface area contributed by atoms with E-state index < -0.39 is 24.3 Å². The van der Waals surface area contributed by atoms with Crippen LogP contribution in [0.2, 0.25) is 0 Å². The van der Waals surface area contributed by atoms with Crippen LogP contribution in [0.4, 0.5) is 9.59 Å². The summed E-state index contributed by atoms with van der Waals surface area (Å²) < 4.78 is 19.2. The molecular weight excluding hydrogens is 322 g/mol. The van der Waals surface area contributed by atoms with Gasteiger partial charge in [0.2, 0.25) is 0 Å². The molecule has 0 aromatic heterocycles. The number of carboxylic acid groups (broad SMARTS) is 1. The van der Waals surface area contributed by atoms with E-state index in [2.05, 4.69) is 9.47 Å². The first-order valence-electron chi connectivity index (χ1n) is 7.17. The molecule has 132 valence electrons. The number of carbonyl (C=O) groups excluding carboxylic acids is 2. The summed E-state index contributed by atoms with van der Waals surface area (Å²) in [4.78, 5) is 33.7.